The lowest BCUT2D eigenvalue weighted by Crippen LogP contribution is -2.21. The zero-order valence-corrected chi connectivity index (χ0v) is 11.4. The number of benzene rings is 1. The van der Waals surface area contributed by atoms with E-state index in [0.717, 1.165) is 22.3 Å². The quantitative estimate of drug-likeness (QED) is 0.792. The molecule has 1 unspecified atom stereocenters. The molecule has 3 aromatic rings. The Bertz CT molecular complexity index is 666. The highest BCUT2D eigenvalue weighted by molar-refractivity contribution is 7.05. The Morgan fingerprint density at radius 3 is 3.05 bits per heavy atom. The second-order valence-electron chi connectivity index (χ2n) is 4.27. The Kier molecular flexibility index (Phi) is 3.48. The van der Waals surface area contributed by atoms with Crippen molar-refractivity contribution in [2.75, 3.05) is 6.54 Å². The SMILES string of the molecule is CCNC(c1ccc2cccnc2c1)c1cnns1. The molecule has 1 aromatic carbocycles. The maximum atomic E-state index is 4.41. The van der Waals surface area contributed by atoms with E-state index in [-0.39, 0.29) is 6.04 Å². The zero-order chi connectivity index (χ0) is 13.1. The van der Waals surface area contributed by atoms with E-state index in [2.05, 4.69) is 51.1 Å². The van der Waals surface area contributed by atoms with Gasteiger partial charge in [0.1, 0.15) is 0 Å². The third kappa shape index (κ3) is 2.47. The number of pyridine rings is 1. The molecule has 19 heavy (non-hydrogen) atoms. The molecule has 3 rings (SSSR count). The van der Waals surface area contributed by atoms with Crippen molar-refractivity contribution in [3.8, 4) is 0 Å². The van der Waals surface area contributed by atoms with Gasteiger partial charge in [-0.2, -0.15) is 0 Å². The Balaban J connectivity index is 2.05. The molecule has 0 amide bonds. The number of nitrogens with zero attached hydrogens (tertiary/aromatic N) is 3. The van der Waals surface area contributed by atoms with Crippen LogP contribution < -0.4 is 5.32 Å². The molecule has 5 heteroatoms. The van der Waals surface area contributed by atoms with Crippen LogP contribution in [0.15, 0.2) is 42.7 Å². The van der Waals surface area contributed by atoms with Crippen LogP contribution in [0.4, 0.5) is 0 Å². The minimum absolute atomic E-state index is 0.136. The molecule has 0 saturated carbocycles. The largest absolute Gasteiger partial charge is 0.306 e. The van der Waals surface area contributed by atoms with E-state index in [4.69, 9.17) is 0 Å². The van der Waals surface area contributed by atoms with E-state index in [9.17, 15) is 0 Å². The van der Waals surface area contributed by atoms with Crippen molar-refractivity contribution in [1.29, 1.82) is 0 Å². The van der Waals surface area contributed by atoms with Crippen molar-refractivity contribution in [3.63, 3.8) is 0 Å². The number of hydrogen-bond donors (Lipinski definition) is 1. The summed E-state index contributed by atoms with van der Waals surface area (Å²) >= 11 is 1.43. The minimum atomic E-state index is 0.136. The highest BCUT2D eigenvalue weighted by atomic mass is 32.1. The molecule has 0 bridgehead atoms. The van der Waals surface area contributed by atoms with Crippen LogP contribution in [0, 0.1) is 0 Å². The molecular weight excluding hydrogens is 256 g/mol. The van der Waals surface area contributed by atoms with Crippen molar-refractivity contribution in [3.05, 3.63) is 53.2 Å². The van der Waals surface area contributed by atoms with E-state index < -0.39 is 0 Å². The second-order valence-corrected chi connectivity index (χ2v) is 5.08. The molecule has 96 valence electrons. The van der Waals surface area contributed by atoms with E-state index in [1.165, 1.54) is 17.1 Å². The lowest BCUT2D eigenvalue weighted by Gasteiger charge is -2.16. The van der Waals surface area contributed by atoms with E-state index >= 15 is 0 Å². The van der Waals surface area contributed by atoms with Crippen LogP contribution in [-0.4, -0.2) is 21.1 Å². The normalized spacial score (nSPS) is 12.7. The Labute approximate surface area is 115 Å². The maximum absolute atomic E-state index is 4.41. The van der Waals surface area contributed by atoms with Gasteiger partial charge < -0.3 is 5.32 Å². The van der Waals surface area contributed by atoms with Gasteiger partial charge in [0.25, 0.3) is 0 Å². The summed E-state index contributed by atoms with van der Waals surface area (Å²) < 4.78 is 3.95. The van der Waals surface area contributed by atoms with Crippen LogP contribution in [0.25, 0.3) is 10.9 Å². The summed E-state index contributed by atoms with van der Waals surface area (Å²) in [7, 11) is 0. The smallest absolute Gasteiger partial charge is 0.0705 e. The standard InChI is InChI=1S/C14H14N4S/c1-2-15-14(13-9-17-18-19-13)11-6-5-10-4-3-7-16-12(10)8-11/h3-9,14-15H,2H2,1H3. The first kappa shape index (κ1) is 12.2. The second kappa shape index (κ2) is 5.42. The Morgan fingerprint density at radius 1 is 1.32 bits per heavy atom. The van der Waals surface area contributed by atoms with E-state index in [0.29, 0.717) is 0 Å². The summed E-state index contributed by atoms with van der Waals surface area (Å²) in [5.41, 5.74) is 2.21. The molecule has 4 nitrogen and oxygen atoms in total. The van der Waals surface area contributed by atoms with Gasteiger partial charge in [0, 0.05) is 11.6 Å². The highest BCUT2D eigenvalue weighted by Gasteiger charge is 2.15. The molecule has 0 radical (unpaired) electrons. The molecule has 0 spiro atoms. The number of fused-ring (bicyclic) bond motifs is 1. The lowest BCUT2D eigenvalue weighted by molar-refractivity contribution is 0.639. The van der Waals surface area contributed by atoms with Gasteiger partial charge in [-0.15, -0.1) is 5.10 Å². The van der Waals surface area contributed by atoms with Crippen molar-refractivity contribution in [2.24, 2.45) is 0 Å². The fourth-order valence-electron chi connectivity index (χ4n) is 2.15. The predicted octanol–water partition coefficient (Wildman–Crippen LogP) is 2.79. The van der Waals surface area contributed by atoms with Gasteiger partial charge in [0.05, 0.1) is 22.6 Å². The van der Waals surface area contributed by atoms with Gasteiger partial charge in [-0.3, -0.25) is 4.98 Å². The van der Waals surface area contributed by atoms with Crippen molar-refractivity contribution in [1.82, 2.24) is 19.9 Å². The average Bonchev–Trinajstić information content (AvgIpc) is 2.98. The molecule has 0 fully saturated rings. The van der Waals surface area contributed by atoms with Crippen LogP contribution in [0.5, 0.6) is 0 Å². The highest BCUT2D eigenvalue weighted by Crippen LogP contribution is 2.26. The Hall–Kier alpha value is -1.85. The molecule has 2 aromatic heterocycles. The monoisotopic (exact) mass is 270 g/mol. The first-order chi connectivity index (χ1) is 9.38. The summed E-state index contributed by atoms with van der Waals surface area (Å²) in [6.45, 7) is 2.99. The van der Waals surface area contributed by atoms with Crippen LogP contribution in [0.1, 0.15) is 23.4 Å². The molecule has 0 saturated heterocycles. The van der Waals surface area contributed by atoms with Gasteiger partial charge in [0.2, 0.25) is 0 Å². The summed E-state index contributed by atoms with van der Waals surface area (Å²) in [5, 5.41) is 8.55. The summed E-state index contributed by atoms with van der Waals surface area (Å²) in [6.07, 6.45) is 3.64. The fourth-order valence-corrected chi connectivity index (χ4v) is 2.76. The molecular formula is C14H14N4S. The van der Waals surface area contributed by atoms with Gasteiger partial charge in [-0.1, -0.05) is 29.6 Å². The van der Waals surface area contributed by atoms with Crippen molar-refractivity contribution >= 4 is 22.4 Å². The third-order valence-electron chi connectivity index (χ3n) is 3.03. The number of rotatable bonds is 4. The third-order valence-corrected chi connectivity index (χ3v) is 3.76. The van der Waals surface area contributed by atoms with Gasteiger partial charge in [0.15, 0.2) is 0 Å². The minimum Gasteiger partial charge on any atom is -0.306 e. The Morgan fingerprint density at radius 2 is 2.26 bits per heavy atom. The number of nitrogens with one attached hydrogen (secondary N) is 1. The van der Waals surface area contributed by atoms with Crippen LogP contribution in [-0.2, 0) is 0 Å². The average molecular weight is 270 g/mol. The van der Waals surface area contributed by atoms with Crippen LogP contribution >= 0.6 is 11.5 Å². The predicted molar refractivity (Wildman–Crippen MR) is 77.2 cm³/mol. The van der Waals surface area contributed by atoms with Gasteiger partial charge in [-0.25, -0.2) is 0 Å². The number of aromatic nitrogens is 3. The molecule has 1 N–H and O–H groups in total. The first-order valence-corrected chi connectivity index (χ1v) is 7.01. The summed E-state index contributed by atoms with van der Waals surface area (Å²) in [5.74, 6) is 0. The maximum Gasteiger partial charge on any atom is 0.0705 e. The summed E-state index contributed by atoms with van der Waals surface area (Å²) in [4.78, 5) is 5.53. The summed E-state index contributed by atoms with van der Waals surface area (Å²) in [6, 6.07) is 10.5. The zero-order valence-electron chi connectivity index (χ0n) is 10.6. The van der Waals surface area contributed by atoms with Gasteiger partial charge in [-0.05, 0) is 35.8 Å². The van der Waals surface area contributed by atoms with Crippen molar-refractivity contribution in [2.45, 2.75) is 13.0 Å². The molecule has 0 aliphatic carbocycles. The van der Waals surface area contributed by atoms with Crippen LogP contribution in [0.2, 0.25) is 0 Å². The topological polar surface area (TPSA) is 50.7 Å². The molecule has 1 atom stereocenters. The van der Waals surface area contributed by atoms with Gasteiger partial charge >= 0.3 is 0 Å². The fraction of sp³-hybridized carbons (Fsp3) is 0.214. The first-order valence-electron chi connectivity index (χ1n) is 6.24. The molecule has 2 heterocycles. The molecule has 0 aliphatic heterocycles. The lowest BCUT2D eigenvalue weighted by atomic mass is 10.0. The van der Waals surface area contributed by atoms with E-state index in [1.54, 1.807) is 0 Å². The molecule has 0 aliphatic rings. The number of hydrogen-bond acceptors (Lipinski definition) is 5. The van der Waals surface area contributed by atoms with E-state index in [1.807, 2.05) is 18.5 Å². The van der Waals surface area contributed by atoms with Crippen LogP contribution in [0.3, 0.4) is 0 Å². The van der Waals surface area contributed by atoms with Crippen molar-refractivity contribution < 1.29 is 0 Å².